The van der Waals surface area contributed by atoms with E-state index in [-0.39, 0.29) is 11.0 Å². The maximum Gasteiger partial charge on any atom is 0.328 e. The van der Waals surface area contributed by atoms with Gasteiger partial charge in [-0.1, -0.05) is 89.2 Å². The summed E-state index contributed by atoms with van der Waals surface area (Å²) in [5.74, 6) is -1.56. The first-order chi connectivity index (χ1) is 13.1. The van der Waals surface area contributed by atoms with Crippen molar-refractivity contribution in [2.45, 2.75) is 45.6 Å². The zero-order chi connectivity index (χ0) is 20.9. The lowest BCUT2D eigenvalue weighted by Gasteiger charge is -2.43. The smallest absolute Gasteiger partial charge is 0.328 e. The van der Waals surface area contributed by atoms with Crippen LogP contribution in [0.4, 0.5) is 0 Å². The first-order valence-electron chi connectivity index (χ1n) is 9.38. The van der Waals surface area contributed by atoms with Gasteiger partial charge in [-0.15, -0.1) is 0 Å². The van der Waals surface area contributed by atoms with Crippen molar-refractivity contribution in [2.75, 3.05) is 0 Å². The van der Waals surface area contributed by atoms with Crippen LogP contribution in [0.15, 0.2) is 66.7 Å². The van der Waals surface area contributed by atoms with Crippen molar-refractivity contribution in [3.63, 3.8) is 0 Å². The Labute approximate surface area is 168 Å². The Hall–Kier alpha value is -2.66. The third-order valence-electron chi connectivity index (χ3n) is 4.81. The molecule has 0 amide bonds. The van der Waals surface area contributed by atoms with E-state index in [4.69, 9.17) is 9.53 Å². The Bertz CT molecular complexity index is 866. The van der Waals surface area contributed by atoms with E-state index in [0.717, 1.165) is 28.1 Å². The highest BCUT2D eigenvalue weighted by molar-refractivity contribution is 7.00. The van der Waals surface area contributed by atoms with Crippen molar-refractivity contribution < 1.29 is 19.1 Å². The number of carboxylic acids is 1. The largest absolute Gasteiger partial charge is 0.506 e. The quantitative estimate of drug-likeness (QED) is 0.595. The predicted octanol–water partition coefficient (Wildman–Crippen LogP) is 3.85. The molecular formula is C23H28O4Si. The van der Waals surface area contributed by atoms with E-state index >= 15 is 0 Å². The van der Waals surface area contributed by atoms with E-state index < -0.39 is 20.3 Å². The normalized spacial score (nSPS) is 14.1. The number of carbonyl (C=O) groups is 2. The number of benzene rings is 2. The van der Waals surface area contributed by atoms with E-state index in [1.54, 1.807) is 0 Å². The van der Waals surface area contributed by atoms with Gasteiger partial charge in [0.2, 0.25) is 0 Å². The van der Waals surface area contributed by atoms with Crippen LogP contribution in [-0.4, -0.2) is 25.4 Å². The van der Waals surface area contributed by atoms with Gasteiger partial charge in [0, 0.05) is 12.2 Å². The van der Waals surface area contributed by atoms with Gasteiger partial charge in [0.25, 0.3) is 0 Å². The number of carbonyl (C=O) groups excluding carboxylic acids is 1. The zero-order valence-corrected chi connectivity index (χ0v) is 18.1. The number of aliphatic carboxylic acids is 1. The number of hydrogen-bond donors (Lipinski definition) is 1. The molecule has 148 valence electrons. The maximum absolute atomic E-state index is 12.7. The summed E-state index contributed by atoms with van der Waals surface area (Å²) in [5.41, 5.74) is 1.14. The molecule has 2 aromatic carbocycles. The third kappa shape index (κ3) is 4.42. The van der Waals surface area contributed by atoms with Crippen LogP contribution in [0.5, 0.6) is 0 Å². The molecule has 28 heavy (non-hydrogen) atoms. The molecule has 0 spiro atoms. The Kier molecular flexibility index (Phi) is 6.62. The van der Waals surface area contributed by atoms with Gasteiger partial charge < -0.3 is 9.53 Å². The Morgan fingerprint density at radius 1 is 0.964 bits per heavy atom. The van der Waals surface area contributed by atoms with E-state index in [0.29, 0.717) is 0 Å². The molecule has 0 aliphatic rings. The van der Waals surface area contributed by atoms with Gasteiger partial charge in [0.05, 0.1) is 0 Å². The summed E-state index contributed by atoms with van der Waals surface area (Å²) in [4.78, 5) is 23.6. The highest BCUT2D eigenvalue weighted by atomic mass is 28.4. The topological polar surface area (TPSA) is 63.6 Å². The molecule has 0 aliphatic heterocycles. The molecule has 2 aromatic rings. The fourth-order valence-corrected chi connectivity index (χ4v) is 8.24. The summed E-state index contributed by atoms with van der Waals surface area (Å²) >= 11 is 0. The SMILES string of the molecule is CC(C)c1ccccc1[Si](OC(=O)/C=C\C(=O)O)(c1ccccc1)C(C)(C)C. The minimum atomic E-state index is -3.09. The molecule has 0 aromatic heterocycles. The Morgan fingerprint density at radius 2 is 1.54 bits per heavy atom. The number of rotatable bonds is 6. The van der Waals surface area contributed by atoms with E-state index in [2.05, 4.69) is 40.7 Å². The maximum atomic E-state index is 12.7. The van der Waals surface area contributed by atoms with Crippen molar-refractivity contribution in [2.24, 2.45) is 0 Å². The third-order valence-corrected chi connectivity index (χ3v) is 9.79. The van der Waals surface area contributed by atoms with Gasteiger partial charge in [-0.2, -0.15) is 0 Å². The van der Waals surface area contributed by atoms with Crippen molar-refractivity contribution in [3.05, 3.63) is 72.3 Å². The van der Waals surface area contributed by atoms with Crippen LogP contribution >= 0.6 is 0 Å². The minimum absolute atomic E-state index is 0.252. The molecule has 1 N–H and O–H groups in total. The van der Waals surface area contributed by atoms with Gasteiger partial charge >= 0.3 is 20.3 Å². The van der Waals surface area contributed by atoms with Crippen LogP contribution in [0.2, 0.25) is 5.04 Å². The average molecular weight is 397 g/mol. The second-order valence-corrected chi connectivity index (χ2v) is 12.3. The van der Waals surface area contributed by atoms with Gasteiger partial charge in [-0.3, -0.25) is 0 Å². The summed E-state index contributed by atoms with van der Waals surface area (Å²) in [7, 11) is -3.09. The summed E-state index contributed by atoms with van der Waals surface area (Å²) in [5, 5.41) is 10.5. The van der Waals surface area contributed by atoms with Crippen LogP contribution in [-0.2, 0) is 14.0 Å². The molecule has 1 atom stereocenters. The Morgan fingerprint density at radius 3 is 2.07 bits per heavy atom. The van der Waals surface area contributed by atoms with Gasteiger partial charge in [0.15, 0.2) is 0 Å². The van der Waals surface area contributed by atoms with Gasteiger partial charge in [0.1, 0.15) is 0 Å². The molecule has 0 radical (unpaired) electrons. The molecule has 0 aliphatic carbocycles. The van der Waals surface area contributed by atoms with Crippen LogP contribution in [0.3, 0.4) is 0 Å². The average Bonchev–Trinajstić information content (AvgIpc) is 2.64. The zero-order valence-electron chi connectivity index (χ0n) is 17.1. The van der Waals surface area contributed by atoms with Crippen LogP contribution in [0.1, 0.15) is 46.1 Å². The molecule has 0 bridgehead atoms. The molecule has 5 heteroatoms. The molecule has 2 rings (SSSR count). The summed E-state index contributed by atoms with van der Waals surface area (Å²) < 4.78 is 6.27. The lowest BCUT2D eigenvalue weighted by atomic mass is 10.0. The van der Waals surface area contributed by atoms with Gasteiger partial charge in [-0.05, 0) is 26.9 Å². The molecule has 1 unspecified atom stereocenters. The highest BCUT2D eigenvalue weighted by Crippen LogP contribution is 2.38. The molecular weight excluding hydrogens is 368 g/mol. The molecule has 0 saturated heterocycles. The first-order valence-corrected chi connectivity index (χ1v) is 11.3. The minimum Gasteiger partial charge on any atom is -0.506 e. The second-order valence-electron chi connectivity index (χ2n) is 8.13. The lowest BCUT2D eigenvalue weighted by molar-refractivity contribution is -0.133. The van der Waals surface area contributed by atoms with Crippen LogP contribution in [0.25, 0.3) is 0 Å². The first kappa shape index (κ1) is 21.6. The van der Waals surface area contributed by atoms with Crippen LogP contribution in [0, 0.1) is 0 Å². The van der Waals surface area contributed by atoms with Crippen molar-refractivity contribution in [1.82, 2.24) is 0 Å². The fourth-order valence-electron chi connectivity index (χ4n) is 3.58. The summed E-state index contributed by atoms with van der Waals surface area (Å²) in [6, 6.07) is 17.9. The second kappa shape index (κ2) is 8.57. The van der Waals surface area contributed by atoms with Crippen molar-refractivity contribution in [3.8, 4) is 0 Å². The van der Waals surface area contributed by atoms with Crippen molar-refractivity contribution >= 4 is 30.6 Å². The molecule has 0 saturated carbocycles. The lowest BCUT2D eigenvalue weighted by Crippen LogP contribution is -2.68. The number of hydrogen-bond acceptors (Lipinski definition) is 3. The van der Waals surface area contributed by atoms with Gasteiger partial charge in [-0.25, -0.2) is 9.59 Å². The monoisotopic (exact) mass is 396 g/mol. The predicted molar refractivity (Wildman–Crippen MR) is 115 cm³/mol. The van der Waals surface area contributed by atoms with Crippen LogP contribution < -0.4 is 10.4 Å². The Balaban J connectivity index is 2.80. The molecule has 0 fully saturated rings. The summed E-state index contributed by atoms with van der Waals surface area (Å²) in [6.45, 7) is 10.5. The highest BCUT2D eigenvalue weighted by Gasteiger charge is 2.54. The fraction of sp³-hybridized carbons (Fsp3) is 0.304. The molecule has 0 heterocycles. The van der Waals surface area contributed by atoms with E-state index in [9.17, 15) is 9.59 Å². The molecule has 4 nitrogen and oxygen atoms in total. The van der Waals surface area contributed by atoms with E-state index in [1.165, 1.54) is 0 Å². The summed E-state index contributed by atoms with van der Waals surface area (Å²) in [6.07, 6.45) is 1.82. The standard InChI is InChI=1S/C23H28O4Si/c1-17(2)19-13-9-10-14-20(19)28(23(3,4)5,18-11-7-6-8-12-18)27-22(26)16-15-21(24)25/h6-17H,1-5H3,(H,24,25)/b16-15-. The van der Waals surface area contributed by atoms with Crippen molar-refractivity contribution in [1.29, 1.82) is 0 Å². The number of carboxylic acid groups (broad SMARTS) is 1. The van der Waals surface area contributed by atoms with E-state index in [1.807, 2.05) is 48.5 Å².